The van der Waals surface area contributed by atoms with Gasteiger partial charge < -0.3 is 24.7 Å². The van der Waals surface area contributed by atoms with E-state index in [0.717, 1.165) is 7.11 Å². The van der Waals surface area contributed by atoms with Gasteiger partial charge in [-0.1, -0.05) is 0 Å². The fourth-order valence-corrected chi connectivity index (χ4v) is 4.01. The number of fused-ring (bicyclic) bond motifs is 2. The molecule has 0 bridgehead atoms. The van der Waals surface area contributed by atoms with Crippen LogP contribution in [0.2, 0.25) is 0 Å². The SMILES string of the molecule is CCOc1nn([C@@H]2O[C@@H](NS(=O)(=O)OC)[C@@H]3OC(C)(C)O[C@H]32)c2ncnc(N)c12. The van der Waals surface area contributed by atoms with Gasteiger partial charge in [-0.15, -0.1) is 5.10 Å². The van der Waals surface area contributed by atoms with Crippen molar-refractivity contribution in [1.82, 2.24) is 24.5 Å². The van der Waals surface area contributed by atoms with E-state index in [1.54, 1.807) is 20.8 Å². The van der Waals surface area contributed by atoms with E-state index >= 15 is 0 Å². The number of rotatable bonds is 6. The Balaban J connectivity index is 1.77. The number of nitrogen functional groups attached to an aromatic ring is 1. The quantitative estimate of drug-likeness (QED) is 0.616. The van der Waals surface area contributed by atoms with Gasteiger partial charge in [-0.05, 0) is 20.8 Å². The minimum Gasteiger partial charge on any atom is -0.476 e. The maximum absolute atomic E-state index is 11.9. The van der Waals surface area contributed by atoms with E-state index in [1.165, 1.54) is 11.0 Å². The molecule has 13 nitrogen and oxygen atoms in total. The number of ether oxygens (including phenoxy) is 4. The van der Waals surface area contributed by atoms with Crippen LogP contribution in [-0.4, -0.2) is 66.1 Å². The Morgan fingerprint density at radius 3 is 2.72 bits per heavy atom. The Kier molecular flexibility index (Phi) is 4.87. The molecule has 0 radical (unpaired) electrons. The zero-order valence-corrected chi connectivity index (χ0v) is 17.0. The van der Waals surface area contributed by atoms with Crippen molar-refractivity contribution in [2.75, 3.05) is 19.5 Å². The topological polar surface area (TPSA) is 162 Å². The summed E-state index contributed by atoms with van der Waals surface area (Å²) < 4.78 is 55.3. The van der Waals surface area contributed by atoms with Crippen LogP contribution in [0, 0.1) is 0 Å². The highest BCUT2D eigenvalue weighted by atomic mass is 32.2. The number of nitrogens with one attached hydrogen (secondary N) is 1. The van der Waals surface area contributed by atoms with Gasteiger partial charge in [0.1, 0.15) is 29.7 Å². The average molecular weight is 430 g/mol. The van der Waals surface area contributed by atoms with E-state index in [2.05, 4.69) is 24.0 Å². The molecule has 4 heterocycles. The van der Waals surface area contributed by atoms with Crippen LogP contribution in [0.1, 0.15) is 27.0 Å². The van der Waals surface area contributed by atoms with Gasteiger partial charge in [0.2, 0.25) is 5.88 Å². The molecule has 0 aliphatic carbocycles. The van der Waals surface area contributed by atoms with Crippen LogP contribution in [0.4, 0.5) is 5.82 Å². The Morgan fingerprint density at radius 2 is 2.03 bits per heavy atom. The van der Waals surface area contributed by atoms with E-state index < -0.39 is 40.8 Å². The number of hydrogen-bond donors (Lipinski definition) is 2. The summed E-state index contributed by atoms with van der Waals surface area (Å²) in [5.74, 6) is -0.534. The van der Waals surface area contributed by atoms with Crippen LogP contribution in [0.3, 0.4) is 0 Å². The molecule has 14 heteroatoms. The van der Waals surface area contributed by atoms with E-state index in [1.807, 2.05) is 0 Å². The number of hydrogen-bond acceptors (Lipinski definition) is 11. The molecule has 2 aliphatic heterocycles. The molecular formula is C15H22N6O7S. The van der Waals surface area contributed by atoms with Crippen molar-refractivity contribution in [1.29, 1.82) is 0 Å². The molecule has 4 rings (SSSR count). The second-order valence-electron chi connectivity index (χ2n) is 6.89. The zero-order valence-electron chi connectivity index (χ0n) is 16.2. The molecule has 4 atom stereocenters. The van der Waals surface area contributed by atoms with Crippen molar-refractivity contribution >= 4 is 27.2 Å². The zero-order chi connectivity index (χ0) is 21.0. The average Bonchev–Trinajstić information content (AvgIpc) is 3.26. The normalized spacial score (nSPS) is 28.7. The highest BCUT2D eigenvalue weighted by Crippen LogP contribution is 2.44. The summed E-state index contributed by atoms with van der Waals surface area (Å²) in [6, 6.07) is 0. The van der Waals surface area contributed by atoms with Gasteiger partial charge in [0, 0.05) is 0 Å². The van der Waals surface area contributed by atoms with Gasteiger partial charge in [-0.25, -0.2) is 14.6 Å². The van der Waals surface area contributed by atoms with Crippen LogP contribution >= 0.6 is 0 Å². The summed E-state index contributed by atoms with van der Waals surface area (Å²) in [4.78, 5) is 8.23. The number of nitrogens with two attached hydrogens (primary N) is 1. The van der Waals surface area contributed by atoms with E-state index in [0.29, 0.717) is 17.6 Å². The first-order valence-corrected chi connectivity index (χ1v) is 10.3. The lowest BCUT2D eigenvalue weighted by molar-refractivity contribution is -0.199. The Labute approximate surface area is 166 Å². The summed E-state index contributed by atoms with van der Waals surface area (Å²) in [6.45, 7) is 5.59. The van der Waals surface area contributed by atoms with Gasteiger partial charge >= 0.3 is 10.3 Å². The Bertz CT molecular complexity index is 1030. The standard InChI is InChI=1S/C15H22N6O7S/c1-5-25-12-7-10(16)17-6-18-11(7)21(19-12)14-9-8(27-15(2,3)28-9)13(26-14)20-29(22,23)24-4/h6,8-9,13-14,20H,5H2,1-4H3,(H2,16,17,18)/t8-,9-,13-,14-/m1/s1. The molecule has 0 saturated carbocycles. The van der Waals surface area contributed by atoms with Crippen molar-refractivity contribution in [3.05, 3.63) is 6.33 Å². The Morgan fingerprint density at radius 1 is 1.31 bits per heavy atom. The van der Waals surface area contributed by atoms with E-state index in [4.69, 9.17) is 24.7 Å². The predicted octanol–water partition coefficient (Wildman–Crippen LogP) is -0.337. The fourth-order valence-electron chi connectivity index (χ4n) is 3.44. The first kappa shape index (κ1) is 20.2. The van der Waals surface area contributed by atoms with Crippen molar-refractivity contribution < 1.29 is 31.5 Å². The third kappa shape index (κ3) is 3.51. The third-order valence-corrected chi connectivity index (χ3v) is 5.48. The van der Waals surface area contributed by atoms with E-state index in [9.17, 15) is 8.42 Å². The fraction of sp³-hybridized carbons (Fsp3) is 0.667. The second-order valence-corrected chi connectivity index (χ2v) is 8.37. The molecule has 2 saturated heterocycles. The first-order chi connectivity index (χ1) is 13.7. The molecular weight excluding hydrogens is 408 g/mol. The van der Waals surface area contributed by atoms with Gasteiger partial charge in [0.05, 0.1) is 13.7 Å². The molecule has 2 aromatic heterocycles. The molecule has 2 fully saturated rings. The minimum absolute atomic E-state index is 0.194. The third-order valence-electron chi connectivity index (χ3n) is 4.52. The number of nitrogens with zero attached hydrogens (tertiary/aromatic N) is 4. The van der Waals surface area contributed by atoms with Gasteiger partial charge in [0.15, 0.2) is 23.9 Å². The highest BCUT2D eigenvalue weighted by molar-refractivity contribution is 7.84. The first-order valence-electron chi connectivity index (χ1n) is 8.86. The molecule has 0 aromatic carbocycles. The smallest absolute Gasteiger partial charge is 0.337 e. The monoisotopic (exact) mass is 430 g/mol. The molecule has 2 aliphatic rings. The Hall–Kier alpha value is -2.10. The maximum atomic E-state index is 11.9. The lowest BCUT2D eigenvalue weighted by Crippen LogP contribution is -2.44. The van der Waals surface area contributed by atoms with Crippen molar-refractivity contribution in [2.45, 2.75) is 51.2 Å². The maximum Gasteiger partial charge on any atom is 0.337 e. The van der Waals surface area contributed by atoms with Crippen LogP contribution in [0.15, 0.2) is 6.33 Å². The summed E-state index contributed by atoms with van der Waals surface area (Å²) in [7, 11) is -3.01. The molecule has 0 amide bonds. The highest BCUT2D eigenvalue weighted by Gasteiger charge is 2.57. The van der Waals surface area contributed by atoms with Crippen LogP contribution in [-0.2, 0) is 28.7 Å². The lowest BCUT2D eigenvalue weighted by Gasteiger charge is -2.24. The van der Waals surface area contributed by atoms with Crippen molar-refractivity contribution in [2.24, 2.45) is 0 Å². The van der Waals surface area contributed by atoms with Gasteiger partial charge in [-0.2, -0.15) is 13.1 Å². The number of aromatic nitrogens is 4. The molecule has 2 aromatic rings. The van der Waals surface area contributed by atoms with Crippen LogP contribution in [0.5, 0.6) is 5.88 Å². The molecule has 160 valence electrons. The summed E-state index contributed by atoms with van der Waals surface area (Å²) >= 11 is 0. The second kappa shape index (κ2) is 7.00. The minimum atomic E-state index is -4.05. The van der Waals surface area contributed by atoms with Crippen molar-refractivity contribution in [3.8, 4) is 5.88 Å². The van der Waals surface area contributed by atoms with Crippen LogP contribution < -0.4 is 15.2 Å². The van der Waals surface area contributed by atoms with Crippen molar-refractivity contribution in [3.63, 3.8) is 0 Å². The van der Waals surface area contributed by atoms with E-state index in [-0.39, 0.29) is 11.7 Å². The molecule has 3 N–H and O–H groups in total. The summed E-state index contributed by atoms with van der Waals surface area (Å²) in [5, 5.41) is 4.85. The largest absolute Gasteiger partial charge is 0.476 e. The molecule has 29 heavy (non-hydrogen) atoms. The number of anilines is 1. The summed E-state index contributed by atoms with van der Waals surface area (Å²) in [6.07, 6.45) is -2.11. The molecule has 0 spiro atoms. The van der Waals surface area contributed by atoms with Crippen LogP contribution in [0.25, 0.3) is 11.0 Å². The van der Waals surface area contributed by atoms with Gasteiger partial charge in [0.25, 0.3) is 0 Å². The summed E-state index contributed by atoms with van der Waals surface area (Å²) in [5.41, 5.74) is 6.34. The molecule has 0 unspecified atom stereocenters. The lowest BCUT2D eigenvalue weighted by atomic mass is 10.2. The predicted molar refractivity (Wildman–Crippen MR) is 97.7 cm³/mol. The van der Waals surface area contributed by atoms with Gasteiger partial charge in [-0.3, -0.25) is 4.18 Å².